The molecule has 0 aliphatic heterocycles. The molecule has 0 radical (unpaired) electrons. The van der Waals surface area contributed by atoms with E-state index in [2.05, 4.69) is 156 Å². The number of aromatic nitrogens is 1. The van der Waals surface area contributed by atoms with Crippen molar-refractivity contribution in [2.75, 3.05) is 11.9 Å². The van der Waals surface area contributed by atoms with Gasteiger partial charge in [0.2, 0.25) is 0 Å². The minimum Gasteiger partial charge on any atom is -0.345 e. The Labute approximate surface area is 216 Å². The maximum atomic E-state index is 2.40. The lowest BCUT2D eigenvalue weighted by Crippen LogP contribution is -2.09. The zero-order valence-electron chi connectivity index (χ0n) is 20.7. The average molecular weight is 475 g/mol. The Morgan fingerprint density at radius 2 is 1.14 bits per heavy atom. The molecule has 2 heteroatoms. The molecule has 0 saturated carbocycles. The highest BCUT2D eigenvalue weighted by molar-refractivity contribution is 6.21. The van der Waals surface area contributed by atoms with Crippen LogP contribution in [-0.2, 0) is 0 Å². The van der Waals surface area contributed by atoms with Crippen LogP contribution in [0.2, 0.25) is 0 Å². The molecular weight excluding hydrogens is 448 g/mol. The van der Waals surface area contributed by atoms with Crippen LogP contribution >= 0.6 is 0 Å². The summed E-state index contributed by atoms with van der Waals surface area (Å²) < 4.78 is 2.40. The Morgan fingerprint density at radius 1 is 0.486 bits per heavy atom. The first-order valence-corrected chi connectivity index (χ1v) is 12.7. The number of fused-ring (bicyclic) bond motifs is 5. The summed E-state index contributed by atoms with van der Waals surface area (Å²) >= 11 is 0. The zero-order valence-corrected chi connectivity index (χ0v) is 20.7. The zero-order chi connectivity index (χ0) is 24.8. The molecule has 0 atom stereocenters. The summed E-state index contributed by atoms with van der Waals surface area (Å²) in [7, 11) is 2.14. The number of nitrogens with zero attached hydrogens (tertiary/aromatic N) is 2. The van der Waals surface area contributed by atoms with Crippen LogP contribution in [-0.4, -0.2) is 11.6 Å². The lowest BCUT2D eigenvalue weighted by Gasteiger charge is -2.20. The normalized spacial score (nSPS) is 11.4. The second kappa shape index (κ2) is 8.69. The number of rotatable bonds is 4. The van der Waals surface area contributed by atoms with Gasteiger partial charge in [-0.1, -0.05) is 97.1 Å². The second-order valence-corrected chi connectivity index (χ2v) is 9.53. The van der Waals surface area contributed by atoms with Gasteiger partial charge in [0.15, 0.2) is 0 Å². The van der Waals surface area contributed by atoms with E-state index in [-0.39, 0.29) is 0 Å². The van der Waals surface area contributed by atoms with Gasteiger partial charge in [0, 0.05) is 34.9 Å². The Morgan fingerprint density at radius 3 is 1.92 bits per heavy atom. The van der Waals surface area contributed by atoms with Crippen molar-refractivity contribution in [3.63, 3.8) is 0 Å². The van der Waals surface area contributed by atoms with Gasteiger partial charge in [0.25, 0.3) is 0 Å². The Hall–Kier alpha value is -4.82. The Kier molecular flexibility index (Phi) is 5.04. The van der Waals surface area contributed by atoms with Crippen LogP contribution in [0.5, 0.6) is 0 Å². The fourth-order valence-electron chi connectivity index (χ4n) is 5.50. The summed E-state index contributed by atoms with van der Waals surface area (Å²) in [5.41, 5.74) is 8.39. The largest absolute Gasteiger partial charge is 0.345 e. The molecule has 0 aliphatic rings. The van der Waals surface area contributed by atoms with Gasteiger partial charge in [-0.2, -0.15) is 0 Å². The first-order chi connectivity index (χ1) is 18.3. The molecule has 0 saturated heterocycles. The molecule has 176 valence electrons. The van der Waals surface area contributed by atoms with Gasteiger partial charge in [-0.15, -0.1) is 0 Å². The molecule has 7 aromatic rings. The van der Waals surface area contributed by atoms with Crippen LogP contribution in [0.4, 0.5) is 11.4 Å². The van der Waals surface area contributed by atoms with E-state index in [9.17, 15) is 0 Å². The van der Waals surface area contributed by atoms with Crippen LogP contribution in [0, 0.1) is 0 Å². The quantitative estimate of drug-likeness (QED) is 0.247. The highest BCUT2D eigenvalue weighted by Crippen LogP contribution is 2.39. The molecule has 0 unspecified atom stereocenters. The number of para-hydroxylation sites is 1. The van der Waals surface area contributed by atoms with E-state index in [0.29, 0.717) is 0 Å². The summed E-state index contributed by atoms with van der Waals surface area (Å²) in [6.45, 7) is 0. The Bertz CT molecular complexity index is 1860. The topological polar surface area (TPSA) is 8.17 Å². The van der Waals surface area contributed by atoms with Crippen molar-refractivity contribution in [3.05, 3.63) is 140 Å². The number of anilines is 2. The first-order valence-electron chi connectivity index (χ1n) is 12.7. The molecule has 1 heterocycles. The van der Waals surface area contributed by atoms with Crippen molar-refractivity contribution in [2.24, 2.45) is 0 Å². The fraction of sp³-hybridized carbons (Fsp3) is 0.0286. The summed E-state index contributed by atoms with van der Waals surface area (Å²) in [6, 6.07) is 50.0. The predicted molar refractivity (Wildman–Crippen MR) is 158 cm³/mol. The van der Waals surface area contributed by atoms with Gasteiger partial charge < -0.3 is 9.47 Å². The van der Waals surface area contributed by atoms with Crippen molar-refractivity contribution in [1.82, 2.24) is 4.57 Å². The van der Waals surface area contributed by atoms with E-state index in [1.165, 1.54) is 49.4 Å². The average Bonchev–Trinajstić information content (AvgIpc) is 3.32. The molecule has 0 bridgehead atoms. The molecule has 0 fully saturated rings. The standard InChI is InChI=1S/C35H26N2/c1-36(28-19-16-26(17-20-28)25-10-4-2-5-11-25)30-21-22-32-34(24-30)37(29-13-6-3-7-14-29)33-23-18-27-12-8-9-15-31(27)35(32)33/h2-24H,1H3. The van der Waals surface area contributed by atoms with E-state index in [0.717, 1.165) is 11.4 Å². The summed E-state index contributed by atoms with van der Waals surface area (Å²) in [4.78, 5) is 2.26. The molecular formula is C35H26N2. The molecule has 0 amide bonds. The van der Waals surface area contributed by atoms with E-state index < -0.39 is 0 Å². The van der Waals surface area contributed by atoms with E-state index in [1.807, 2.05) is 0 Å². The molecule has 0 spiro atoms. The SMILES string of the molecule is CN(c1ccc(-c2ccccc2)cc1)c1ccc2c3c4ccccc4ccc3n(-c3ccccc3)c2c1. The number of hydrogen-bond donors (Lipinski definition) is 0. The molecule has 1 aromatic heterocycles. The van der Waals surface area contributed by atoms with Crippen LogP contribution in [0.25, 0.3) is 49.4 Å². The molecule has 37 heavy (non-hydrogen) atoms. The van der Waals surface area contributed by atoms with Crippen molar-refractivity contribution >= 4 is 44.0 Å². The van der Waals surface area contributed by atoms with Crippen molar-refractivity contribution in [1.29, 1.82) is 0 Å². The van der Waals surface area contributed by atoms with E-state index >= 15 is 0 Å². The lowest BCUT2D eigenvalue weighted by molar-refractivity contribution is 1.17. The monoisotopic (exact) mass is 474 g/mol. The van der Waals surface area contributed by atoms with Crippen molar-refractivity contribution in [3.8, 4) is 16.8 Å². The van der Waals surface area contributed by atoms with E-state index in [4.69, 9.17) is 0 Å². The van der Waals surface area contributed by atoms with Crippen LogP contribution in [0.3, 0.4) is 0 Å². The van der Waals surface area contributed by atoms with Gasteiger partial charge in [-0.25, -0.2) is 0 Å². The van der Waals surface area contributed by atoms with Crippen LogP contribution in [0.1, 0.15) is 0 Å². The Balaban J connectivity index is 1.40. The van der Waals surface area contributed by atoms with Gasteiger partial charge in [-0.3, -0.25) is 0 Å². The van der Waals surface area contributed by atoms with E-state index in [1.54, 1.807) is 0 Å². The van der Waals surface area contributed by atoms with Gasteiger partial charge >= 0.3 is 0 Å². The maximum Gasteiger partial charge on any atom is 0.0562 e. The van der Waals surface area contributed by atoms with Gasteiger partial charge in [0.1, 0.15) is 0 Å². The fourth-order valence-corrected chi connectivity index (χ4v) is 5.50. The maximum absolute atomic E-state index is 2.40. The lowest BCUT2D eigenvalue weighted by atomic mass is 10.0. The molecule has 7 rings (SSSR count). The van der Waals surface area contributed by atoms with Crippen molar-refractivity contribution in [2.45, 2.75) is 0 Å². The third-order valence-electron chi connectivity index (χ3n) is 7.40. The van der Waals surface area contributed by atoms with Gasteiger partial charge in [-0.05, 0) is 64.4 Å². The molecule has 0 aliphatic carbocycles. The highest BCUT2D eigenvalue weighted by Gasteiger charge is 2.16. The smallest absolute Gasteiger partial charge is 0.0562 e. The summed E-state index contributed by atoms with van der Waals surface area (Å²) in [5, 5.41) is 5.13. The third-order valence-corrected chi connectivity index (χ3v) is 7.40. The molecule has 2 nitrogen and oxygen atoms in total. The van der Waals surface area contributed by atoms with Crippen LogP contribution < -0.4 is 4.90 Å². The number of hydrogen-bond acceptors (Lipinski definition) is 1. The molecule has 0 N–H and O–H groups in total. The predicted octanol–water partition coefficient (Wildman–Crippen LogP) is 9.37. The van der Waals surface area contributed by atoms with Gasteiger partial charge in [0.05, 0.1) is 11.0 Å². The van der Waals surface area contributed by atoms with Crippen molar-refractivity contribution < 1.29 is 0 Å². The minimum atomic E-state index is 1.16. The van der Waals surface area contributed by atoms with Crippen LogP contribution in [0.15, 0.2) is 140 Å². The summed E-state index contributed by atoms with van der Waals surface area (Å²) in [5.74, 6) is 0. The molecule has 6 aromatic carbocycles. The minimum absolute atomic E-state index is 1.16. The highest BCUT2D eigenvalue weighted by atomic mass is 15.1. The number of benzene rings is 6. The first kappa shape index (κ1) is 21.5. The summed E-state index contributed by atoms with van der Waals surface area (Å²) in [6.07, 6.45) is 0. The second-order valence-electron chi connectivity index (χ2n) is 9.53. The third kappa shape index (κ3) is 3.57.